The summed E-state index contributed by atoms with van der Waals surface area (Å²) in [4.78, 5) is 12.4. The molecule has 0 saturated carbocycles. The summed E-state index contributed by atoms with van der Waals surface area (Å²) in [6.45, 7) is 1.87. The van der Waals surface area contributed by atoms with E-state index in [1.54, 1.807) is 0 Å². The van der Waals surface area contributed by atoms with Gasteiger partial charge in [0.1, 0.15) is 0 Å². The van der Waals surface area contributed by atoms with E-state index in [0.29, 0.717) is 5.56 Å². The Morgan fingerprint density at radius 3 is 2.36 bits per heavy atom. The maximum absolute atomic E-state index is 12.4. The van der Waals surface area contributed by atoms with Crippen LogP contribution in [0.1, 0.15) is 22.8 Å². The molecule has 0 heterocycles. The molecule has 0 fully saturated rings. The number of nitrogens with one attached hydrogen (secondary N) is 1. The first kappa shape index (κ1) is 14.0. The number of rotatable bonds is 3. The van der Waals surface area contributed by atoms with Crippen LogP contribution in [0.4, 0.5) is 0 Å². The van der Waals surface area contributed by atoms with Crippen molar-refractivity contribution < 1.29 is 4.79 Å². The van der Waals surface area contributed by atoms with Crippen LogP contribution in [0.3, 0.4) is 0 Å². The van der Waals surface area contributed by atoms with Crippen molar-refractivity contribution >= 4 is 22.4 Å². The molecule has 0 aliphatic carbocycles. The molecule has 22 heavy (non-hydrogen) atoms. The van der Waals surface area contributed by atoms with Crippen molar-refractivity contribution in [2.75, 3.05) is 0 Å². The van der Waals surface area contributed by atoms with Crippen LogP contribution in [0.2, 0.25) is 0 Å². The molecule has 0 saturated heterocycles. The molecule has 0 aromatic heterocycles. The Morgan fingerprint density at radius 2 is 1.55 bits per heavy atom. The number of hydrogen-bond donors (Lipinski definition) is 1. The van der Waals surface area contributed by atoms with Gasteiger partial charge in [0.2, 0.25) is 0 Å². The molecule has 3 rings (SSSR count). The van der Waals surface area contributed by atoms with Gasteiger partial charge in [-0.1, -0.05) is 66.7 Å². The molecular weight excluding hydrogens is 272 g/mol. The molecule has 0 atom stereocenters. The summed E-state index contributed by atoms with van der Waals surface area (Å²) < 4.78 is 0. The van der Waals surface area contributed by atoms with Crippen LogP contribution in [-0.4, -0.2) is 11.6 Å². The predicted molar refractivity (Wildman–Crippen MR) is 90.1 cm³/mol. The molecular formula is C19H16N2O. The smallest absolute Gasteiger partial charge is 0.267 e. The third-order valence-electron chi connectivity index (χ3n) is 3.55. The largest absolute Gasteiger partial charge is 0.272 e. The van der Waals surface area contributed by atoms with Gasteiger partial charge in [-0.15, -0.1) is 0 Å². The topological polar surface area (TPSA) is 41.5 Å². The second-order valence-corrected chi connectivity index (χ2v) is 5.03. The molecule has 0 spiro atoms. The van der Waals surface area contributed by atoms with Crippen molar-refractivity contribution in [3.8, 4) is 0 Å². The summed E-state index contributed by atoms with van der Waals surface area (Å²) in [6, 6.07) is 23.3. The van der Waals surface area contributed by atoms with Gasteiger partial charge in [0.25, 0.3) is 5.91 Å². The summed E-state index contributed by atoms with van der Waals surface area (Å²) in [7, 11) is 0. The Balaban J connectivity index is 1.85. The van der Waals surface area contributed by atoms with E-state index >= 15 is 0 Å². The third-order valence-corrected chi connectivity index (χ3v) is 3.55. The van der Waals surface area contributed by atoms with Crippen molar-refractivity contribution in [3.05, 3.63) is 83.9 Å². The fourth-order valence-corrected chi connectivity index (χ4v) is 2.36. The molecule has 1 N–H and O–H groups in total. The normalized spacial score (nSPS) is 11.4. The van der Waals surface area contributed by atoms with Gasteiger partial charge < -0.3 is 0 Å². The first-order chi connectivity index (χ1) is 10.8. The number of hydrazone groups is 1. The number of carbonyl (C=O) groups is 1. The van der Waals surface area contributed by atoms with Crippen LogP contribution >= 0.6 is 0 Å². The minimum atomic E-state index is -0.202. The molecule has 0 aliphatic heterocycles. The minimum Gasteiger partial charge on any atom is -0.267 e. The van der Waals surface area contributed by atoms with Gasteiger partial charge >= 0.3 is 0 Å². The van der Waals surface area contributed by atoms with Crippen molar-refractivity contribution in [2.45, 2.75) is 6.92 Å². The Labute approximate surface area is 129 Å². The van der Waals surface area contributed by atoms with Gasteiger partial charge in [0.05, 0.1) is 5.71 Å². The van der Waals surface area contributed by atoms with Gasteiger partial charge in [0.15, 0.2) is 0 Å². The number of nitrogens with zero attached hydrogens (tertiary/aromatic N) is 1. The van der Waals surface area contributed by atoms with E-state index < -0.39 is 0 Å². The van der Waals surface area contributed by atoms with Gasteiger partial charge in [-0.3, -0.25) is 4.79 Å². The van der Waals surface area contributed by atoms with E-state index in [0.717, 1.165) is 22.0 Å². The maximum Gasteiger partial charge on any atom is 0.272 e. The Bertz CT molecular complexity index is 833. The summed E-state index contributed by atoms with van der Waals surface area (Å²) in [6.07, 6.45) is 0. The molecule has 0 aliphatic rings. The standard InChI is InChI=1S/C19H16N2O/c1-14(15-8-3-2-4-9-15)20-21-19(22)18-13-7-11-16-10-5-6-12-17(16)18/h2-13H,1H3,(H,21,22)/b20-14+. The van der Waals surface area contributed by atoms with Crippen molar-refractivity contribution in [3.63, 3.8) is 0 Å². The minimum absolute atomic E-state index is 0.202. The quantitative estimate of drug-likeness (QED) is 0.574. The average Bonchev–Trinajstić information content (AvgIpc) is 2.59. The maximum atomic E-state index is 12.4. The fourth-order valence-electron chi connectivity index (χ4n) is 2.36. The molecule has 1 amide bonds. The fraction of sp³-hybridized carbons (Fsp3) is 0.0526. The van der Waals surface area contributed by atoms with Gasteiger partial charge in [0, 0.05) is 5.56 Å². The highest BCUT2D eigenvalue weighted by molar-refractivity contribution is 6.07. The monoisotopic (exact) mass is 288 g/mol. The Morgan fingerprint density at radius 1 is 0.864 bits per heavy atom. The highest BCUT2D eigenvalue weighted by Gasteiger charge is 2.08. The van der Waals surface area contributed by atoms with E-state index in [1.165, 1.54) is 0 Å². The molecule has 3 heteroatoms. The lowest BCUT2D eigenvalue weighted by atomic mass is 10.0. The third kappa shape index (κ3) is 2.88. The molecule has 3 aromatic rings. The van der Waals surface area contributed by atoms with E-state index in [-0.39, 0.29) is 5.91 Å². The summed E-state index contributed by atoms with van der Waals surface area (Å²) >= 11 is 0. The van der Waals surface area contributed by atoms with Gasteiger partial charge in [-0.25, -0.2) is 5.43 Å². The number of hydrogen-bond acceptors (Lipinski definition) is 2. The second-order valence-electron chi connectivity index (χ2n) is 5.03. The zero-order valence-electron chi connectivity index (χ0n) is 12.3. The van der Waals surface area contributed by atoms with Crippen molar-refractivity contribution in [1.29, 1.82) is 0 Å². The van der Waals surface area contributed by atoms with Gasteiger partial charge in [-0.2, -0.15) is 5.10 Å². The van der Waals surface area contributed by atoms with Crippen LogP contribution in [0, 0.1) is 0 Å². The first-order valence-electron chi connectivity index (χ1n) is 7.13. The average molecular weight is 288 g/mol. The first-order valence-corrected chi connectivity index (χ1v) is 7.13. The molecule has 3 aromatic carbocycles. The molecule has 0 radical (unpaired) electrons. The zero-order valence-corrected chi connectivity index (χ0v) is 12.3. The van der Waals surface area contributed by atoms with Crippen LogP contribution in [-0.2, 0) is 0 Å². The Hall–Kier alpha value is -2.94. The second kappa shape index (κ2) is 6.22. The number of fused-ring (bicyclic) bond motifs is 1. The lowest BCUT2D eigenvalue weighted by Gasteiger charge is -2.06. The van der Waals surface area contributed by atoms with Crippen molar-refractivity contribution in [1.82, 2.24) is 5.43 Å². The number of benzene rings is 3. The van der Waals surface area contributed by atoms with Crippen LogP contribution < -0.4 is 5.43 Å². The van der Waals surface area contributed by atoms with Crippen LogP contribution in [0.25, 0.3) is 10.8 Å². The molecule has 108 valence electrons. The highest BCUT2D eigenvalue weighted by atomic mass is 16.2. The lowest BCUT2D eigenvalue weighted by Crippen LogP contribution is -2.19. The molecule has 0 unspecified atom stereocenters. The summed E-state index contributed by atoms with van der Waals surface area (Å²) in [5.74, 6) is -0.202. The SMILES string of the molecule is C/C(=N\NC(=O)c1cccc2ccccc12)c1ccccc1. The predicted octanol–water partition coefficient (Wildman–Crippen LogP) is 3.99. The lowest BCUT2D eigenvalue weighted by molar-refractivity contribution is 0.0956. The number of carbonyl (C=O) groups excluding carboxylic acids is 1. The van der Waals surface area contributed by atoms with Crippen LogP contribution in [0.5, 0.6) is 0 Å². The highest BCUT2D eigenvalue weighted by Crippen LogP contribution is 2.18. The Kier molecular flexibility index (Phi) is 3.97. The summed E-state index contributed by atoms with van der Waals surface area (Å²) in [5, 5.41) is 6.16. The van der Waals surface area contributed by atoms with Crippen LogP contribution in [0.15, 0.2) is 77.9 Å². The zero-order chi connectivity index (χ0) is 15.4. The van der Waals surface area contributed by atoms with E-state index in [1.807, 2.05) is 79.7 Å². The van der Waals surface area contributed by atoms with Crippen molar-refractivity contribution in [2.24, 2.45) is 5.10 Å². The molecule has 3 nitrogen and oxygen atoms in total. The van der Waals surface area contributed by atoms with E-state index in [2.05, 4.69) is 10.5 Å². The molecule has 0 bridgehead atoms. The van der Waals surface area contributed by atoms with Gasteiger partial charge in [-0.05, 0) is 29.3 Å². The summed E-state index contributed by atoms with van der Waals surface area (Å²) in [5.41, 5.74) is 5.03. The van der Waals surface area contributed by atoms with E-state index in [9.17, 15) is 4.79 Å². The van der Waals surface area contributed by atoms with E-state index in [4.69, 9.17) is 0 Å². The number of amides is 1.